The second-order valence-electron chi connectivity index (χ2n) is 7.19. The first kappa shape index (κ1) is 16.7. The Morgan fingerprint density at radius 2 is 1.90 bits per heavy atom. The summed E-state index contributed by atoms with van der Waals surface area (Å²) in [5.41, 5.74) is -0.256. The first-order valence-corrected chi connectivity index (χ1v) is 9.66. The van der Waals surface area contributed by atoms with E-state index in [1.807, 2.05) is 0 Å². The minimum absolute atomic E-state index is 0.169. The number of nitrogens with zero attached hydrogens (tertiary/aromatic N) is 1. The van der Waals surface area contributed by atoms with E-state index in [1.54, 1.807) is 4.90 Å². The molecule has 0 aromatic rings. The van der Waals surface area contributed by atoms with Gasteiger partial charge in [0.15, 0.2) is 0 Å². The van der Waals surface area contributed by atoms with Gasteiger partial charge in [0.1, 0.15) is 0 Å². The standard InChI is InChI=1S/C15H28N2O3S/c1-12(2)10-15(7-3-4-8-15)14(18)17-9-5-6-13(11-17)21(16,19)20/h12-13H,3-11H2,1-2H3,(H2,16,19,20). The molecular formula is C15H28N2O3S. The summed E-state index contributed by atoms with van der Waals surface area (Å²) in [4.78, 5) is 14.8. The Morgan fingerprint density at radius 3 is 2.43 bits per heavy atom. The van der Waals surface area contributed by atoms with Crippen molar-refractivity contribution in [2.75, 3.05) is 13.1 Å². The van der Waals surface area contributed by atoms with E-state index >= 15 is 0 Å². The van der Waals surface area contributed by atoms with E-state index in [0.29, 0.717) is 18.9 Å². The molecule has 0 bridgehead atoms. The number of rotatable bonds is 4. The lowest BCUT2D eigenvalue weighted by Crippen LogP contribution is -2.51. The summed E-state index contributed by atoms with van der Waals surface area (Å²) in [6, 6.07) is 0. The molecule has 1 saturated carbocycles. The molecule has 0 radical (unpaired) electrons. The number of nitrogens with two attached hydrogens (primary N) is 1. The van der Waals surface area contributed by atoms with Crippen molar-refractivity contribution in [2.45, 2.75) is 64.0 Å². The van der Waals surface area contributed by atoms with E-state index < -0.39 is 15.3 Å². The summed E-state index contributed by atoms with van der Waals surface area (Å²) < 4.78 is 23.1. The highest BCUT2D eigenvalue weighted by atomic mass is 32.2. The van der Waals surface area contributed by atoms with E-state index in [0.717, 1.165) is 38.5 Å². The molecule has 1 heterocycles. The number of hydrogen-bond acceptors (Lipinski definition) is 3. The van der Waals surface area contributed by atoms with Gasteiger partial charge in [0.25, 0.3) is 0 Å². The van der Waals surface area contributed by atoms with Gasteiger partial charge in [-0.1, -0.05) is 26.7 Å². The molecule has 1 saturated heterocycles. The number of likely N-dealkylation sites (tertiary alicyclic amines) is 1. The van der Waals surface area contributed by atoms with Crippen LogP contribution in [0, 0.1) is 11.3 Å². The van der Waals surface area contributed by atoms with Gasteiger partial charge >= 0.3 is 0 Å². The number of amides is 1. The van der Waals surface area contributed by atoms with Crippen molar-refractivity contribution in [1.82, 2.24) is 4.90 Å². The van der Waals surface area contributed by atoms with Gasteiger partial charge in [-0.3, -0.25) is 4.79 Å². The van der Waals surface area contributed by atoms with Crippen LogP contribution in [-0.4, -0.2) is 37.6 Å². The number of sulfonamides is 1. The maximum absolute atomic E-state index is 13.0. The number of hydrogen-bond donors (Lipinski definition) is 1. The molecule has 122 valence electrons. The van der Waals surface area contributed by atoms with E-state index in [2.05, 4.69) is 13.8 Å². The molecule has 2 N–H and O–H groups in total. The van der Waals surface area contributed by atoms with Gasteiger partial charge in [0.05, 0.1) is 5.25 Å². The Labute approximate surface area is 128 Å². The van der Waals surface area contributed by atoms with Crippen molar-refractivity contribution in [1.29, 1.82) is 0 Å². The van der Waals surface area contributed by atoms with Crippen LogP contribution in [0.25, 0.3) is 0 Å². The largest absolute Gasteiger partial charge is 0.341 e. The van der Waals surface area contributed by atoms with Crippen LogP contribution < -0.4 is 5.14 Å². The Hall–Kier alpha value is -0.620. The van der Waals surface area contributed by atoms with Gasteiger partial charge in [-0.2, -0.15) is 0 Å². The maximum atomic E-state index is 13.0. The normalized spacial score (nSPS) is 26.3. The van der Waals surface area contributed by atoms with Gasteiger partial charge in [-0.15, -0.1) is 0 Å². The van der Waals surface area contributed by atoms with Gasteiger partial charge in [-0.05, 0) is 38.0 Å². The lowest BCUT2D eigenvalue weighted by Gasteiger charge is -2.39. The topological polar surface area (TPSA) is 80.5 Å². The fraction of sp³-hybridized carbons (Fsp3) is 0.933. The molecule has 2 aliphatic rings. The van der Waals surface area contributed by atoms with Crippen LogP contribution >= 0.6 is 0 Å². The van der Waals surface area contributed by atoms with E-state index in [4.69, 9.17) is 5.14 Å². The third-order valence-corrected chi connectivity index (χ3v) is 6.26. The van der Waals surface area contributed by atoms with E-state index in [1.165, 1.54) is 0 Å². The van der Waals surface area contributed by atoms with E-state index in [-0.39, 0.29) is 17.9 Å². The second-order valence-corrected chi connectivity index (χ2v) is 9.03. The summed E-state index contributed by atoms with van der Waals surface area (Å²) >= 11 is 0. The van der Waals surface area contributed by atoms with E-state index in [9.17, 15) is 13.2 Å². The van der Waals surface area contributed by atoms with Crippen LogP contribution in [0.4, 0.5) is 0 Å². The van der Waals surface area contributed by atoms with Crippen molar-refractivity contribution in [3.63, 3.8) is 0 Å². The molecule has 1 unspecified atom stereocenters. The molecule has 1 aliphatic heterocycles. The summed E-state index contributed by atoms with van der Waals surface area (Å²) in [5, 5.41) is 4.68. The highest BCUT2D eigenvalue weighted by Gasteiger charge is 2.45. The van der Waals surface area contributed by atoms with Gasteiger partial charge < -0.3 is 4.90 Å². The fourth-order valence-corrected chi connectivity index (χ4v) is 4.95. The number of primary sulfonamides is 1. The molecule has 21 heavy (non-hydrogen) atoms. The van der Waals surface area contributed by atoms with Gasteiger partial charge in [0, 0.05) is 18.5 Å². The first-order chi connectivity index (χ1) is 9.74. The van der Waals surface area contributed by atoms with Crippen LogP contribution in [0.2, 0.25) is 0 Å². The van der Waals surface area contributed by atoms with Crippen molar-refractivity contribution >= 4 is 15.9 Å². The second kappa shape index (κ2) is 6.24. The van der Waals surface area contributed by atoms with Crippen LogP contribution in [0.1, 0.15) is 58.8 Å². The van der Waals surface area contributed by atoms with Crippen LogP contribution in [0.5, 0.6) is 0 Å². The molecular weight excluding hydrogens is 288 g/mol. The predicted molar refractivity (Wildman–Crippen MR) is 83.1 cm³/mol. The summed E-state index contributed by atoms with van der Waals surface area (Å²) in [6.07, 6.45) is 6.30. The van der Waals surface area contributed by atoms with Crippen molar-refractivity contribution in [3.05, 3.63) is 0 Å². The van der Waals surface area contributed by atoms with Crippen LogP contribution in [0.15, 0.2) is 0 Å². The predicted octanol–water partition coefficient (Wildman–Crippen LogP) is 1.87. The van der Waals surface area contributed by atoms with Crippen LogP contribution in [-0.2, 0) is 14.8 Å². The summed E-state index contributed by atoms with van der Waals surface area (Å²) in [6.45, 7) is 5.25. The zero-order valence-corrected chi connectivity index (χ0v) is 14.0. The molecule has 0 aromatic carbocycles. The smallest absolute Gasteiger partial charge is 0.228 e. The van der Waals surface area contributed by atoms with Crippen LogP contribution in [0.3, 0.4) is 0 Å². The molecule has 1 aliphatic carbocycles. The highest BCUT2D eigenvalue weighted by molar-refractivity contribution is 7.89. The molecule has 0 spiro atoms. The fourth-order valence-electron chi connectivity index (χ4n) is 4.06. The molecule has 2 rings (SSSR count). The first-order valence-electron chi connectivity index (χ1n) is 8.06. The third kappa shape index (κ3) is 3.77. The quantitative estimate of drug-likeness (QED) is 0.860. The molecule has 2 fully saturated rings. The van der Waals surface area contributed by atoms with Crippen molar-refractivity contribution in [3.8, 4) is 0 Å². The minimum Gasteiger partial charge on any atom is -0.341 e. The SMILES string of the molecule is CC(C)CC1(C(=O)N2CCCC(S(N)(=O)=O)C2)CCCC1. The zero-order chi connectivity index (χ0) is 15.7. The number of carbonyl (C=O) groups is 1. The molecule has 5 nitrogen and oxygen atoms in total. The molecule has 1 amide bonds. The molecule has 0 aromatic heterocycles. The highest BCUT2D eigenvalue weighted by Crippen LogP contribution is 2.45. The number of piperidine rings is 1. The van der Waals surface area contributed by atoms with Gasteiger partial charge in [0.2, 0.25) is 15.9 Å². The lowest BCUT2D eigenvalue weighted by molar-refractivity contribution is -0.143. The Bertz CT molecular complexity index is 481. The average Bonchev–Trinajstić information content (AvgIpc) is 2.86. The zero-order valence-electron chi connectivity index (χ0n) is 13.2. The summed E-state index contributed by atoms with van der Waals surface area (Å²) in [7, 11) is -3.55. The minimum atomic E-state index is -3.55. The monoisotopic (exact) mass is 316 g/mol. The Kier molecular flexibility index (Phi) is 4.98. The van der Waals surface area contributed by atoms with Crippen molar-refractivity contribution in [2.24, 2.45) is 16.5 Å². The summed E-state index contributed by atoms with van der Waals surface area (Å²) in [5.74, 6) is 0.646. The Balaban J connectivity index is 2.13. The Morgan fingerprint density at radius 1 is 1.29 bits per heavy atom. The van der Waals surface area contributed by atoms with Gasteiger partial charge in [-0.25, -0.2) is 13.6 Å². The molecule has 1 atom stereocenters. The average molecular weight is 316 g/mol. The maximum Gasteiger partial charge on any atom is 0.228 e. The molecule has 6 heteroatoms. The van der Waals surface area contributed by atoms with Crippen molar-refractivity contribution < 1.29 is 13.2 Å². The third-order valence-electron chi connectivity index (χ3n) is 4.94. The lowest BCUT2D eigenvalue weighted by atomic mass is 9.77. The number of carbonyl (C=O) groups excluding carboxylic acids is 1.